The molecule has 0 spiro atoms. The number of anilines is 1. The van der Waals surface area contributed by atoms with Gasteiger partial charge in [-0.3, -0.25) is 4.40 Å². The Morgan fingerprint density at radius 2 is 2.05 bits per heavy atom. The van der Waals surface area contributed by atoms with Crippen LogP contribution in [0.4, 0.5) is 10.1 Å². The van der Waals surface area contributed by atoms with E-state index in [9.17, 15) is 4.39 Å². The number of benzene rings is 1. The lowest BCUT2D eigenvalue weighted by atomic mass is 10.3. The first-order chi connectivity index (χ1) is 9.22. The van der Waals surface area contributed by atoms with Gasteiger partial charge in [-0.1, -0.05) is 0 Å². The second-order valence-electron chi connectivity index (χ2n) is 4.16. The number of rotatable bonds is 3. The Labute approximate surface area is 109 Å². The van der Waals surface area contributed by atoms with Gasteiger partial charge in [0.1, 0.15) is 5.82 Å². The van der Waals surface area contributed by atoms with Crippen LogP contribution in [0.25, 0.3) is 5.78 Å². The first-order valence-electron chi connectivity index (χ1n) is 5.79. The van der Waals surface area contributed by atoms with Crippen LogP contribution in [-0.2, 0) is 6.54 Å². The summed E-state index contributed by atoms with van der Waals surface area (Å²) in [6.07, 6.45) is 5.43. The zero-order valence-corrected chi connectivity index (χ0v) is 10.1. The first kappa shape index (κ1) is 11.6. The molecule has 0 unspecified atom stereocenters. The molecule has 5 nitrogen and oxygen atoms in total. The second-order valence-corrected chi connectivity index (χ2v) is 4.16. The first-order valence-corrected chi connectivity index (χ1v) is 5.79. The fourth-order valence-corrected chi connectivity index (χ4v) is 1.85. The summed E-state index contributed by atoms with van der Waals surface area (Å²) in [5, 5.41) is 1.52. The van der Waals surface area contributed by atoms with Gasteiger partial charge in [-0.25, -0.2) is 20.2 Å². The number of nitrogens with two attached hydrogens (primary N) is 1. The summed E-state index contributed by atoms with van der Waals surface area (Å²) in [5.74, 6) is 6.29. The summed E-state index contributed by atoms with van der Waals surface area (Å²) >= 11 is 0. The van der Waals surface area contributed by atoms with Gasteiger partial charge in [-0.15, -0.1) is 0 Å². The van der Waals surface area contributed by atoms with E-state index in [4.69, 9.17) is 5.84 Å². The minimum absolute atomic E-state index is 0.283. The molecule has 0 aliphatic heterocycles. The summed E-state index contributed by atoms with van der Waals surface area (Å²) in [7, 11) is 0. The third kappa shape index (κ3) is 2.38. The Morgan fingerprint density at radius 3 is 2.79 bits per heavy atom. The smallest absolute Gasteiger partial charge is 0.233 e. The van der Waals surface area contributed by atoms with Crippen molar-refractivity contribution in [2.45, 2.75) is 6.54 Å². The fraction of sp³-hybridized carbons (Fsp3) is 0.0769. The van der Waals surface area contributed by atoms with Crippen molar-refractivity contribution in [2.24, 2.45) is 5.84 Å². The fourth-order valence-electron chi connectivity index (χ4n) is 1.85. The van der Waals surface area contributed by atoms with Gasteiger partial charge in [-0.05, 0) is 30.3 Å². The van der Waals surface area contributed by atoms with Crippen molar-refractivity contribution in [1.82, 2.24) is 14.4 Å². The number of hydrazine groups is 1. The number of aromatic nitrogens is 3. The lowest BCUT2D eigenvalue weighted by molar-refractivity contribution is 0.627. The lowest BCUT2D eigenvalue weighted by Crippen LogP contribution is -2.30. The number of hydrogen-bond acceptors (Lipinski definition) is 4. The highest BCUT2D eigenvalue weighted by Crippen LogP contribution is 2.14. The molecule has 0 aliphatic carbocycles. The molecule has 0 amide bonds. The van der Waals surface area contributed by atoms with E-state index in [0.29, 0.717) is 12.3 Å². The van der Waals surface area contributed by atoms with Crippen LogP contribution in [0.3, 0.4) is 0 Å². The maximum atomic E-state index is 12.8. The van der Waals surface area contributed by atoms with Gasteiger partial charge in [0.15, 0.2) is 0 Å². The molecule has 0 radical (unpaired) electrons. The minimum atomic E-state index is -0.283. The van der Waals surface area contributed by atoms with Crippen LogP contribution in [0.15, 0.2) is 48.9 Å². The number of fused-ring (bicyclic) bond motifs is 1. The zero-order chi connectivity index (χ0) is 13.2. The van der Waals surface area contributed by atoms with E-state index < -0.39 is 0 Å². The molecule has 3 rings (SSSR count). The second kappa shape index (κ2) is 4.66. The molecule has 2 N–H and O–H groups in total. The van der Waals surface area contributed by atoms with Crippen molar-refractivity contribution in [3.63, 3.8) is 0 Å². The van der Waals surface area contributed by atoms with E-state index in [0.717, 1.165) is 11.4 Å². The predicted molar refractivity (Wildman–Crippen MR) is 69.8 cm³/mol. The number of nitrogens with zero attached hydrogens (tertiary/aromatic N) is 4. The van der Waals surface area contributed by atoms with Crippen molar-refractivity contribution in [1.29, 1.82) is 0 Å². The standard InChI is InChI=1S/C13H12FN5/c14-10-2-4-12(5-3-10)19(15)9-11-8-18-7-1-6-16-13(18)17-11/h1-8H,9,15H2. The highest BCUT2D eigenvalue weighted by atomic mass is 19.1. The molecule has 6 heteroatoms. The molecule has 2 aromatic heterocycles. The minimum Gasteiger partial charge on any atom is -0.305 e. The van der Waals surface area contributed by atoms with Crippen molar-refractivity contribution in [2.75, 3.05) is 5.01 Å². The lowest BCUT2D eigenvalue weighted by Gasteiger charge is -2.16. The van der Waals surface area contributed by atoms with Crippen molar-refractivity contribution in [3.05, 3.63) is 60.4 Å². The van der Waals surface area contributed by atoms with Crippen LogP contribution in [-0.4, -0.2) is 14.4 Å². The molecule has 1 aromatic carbocycles. The summed E-state index contributed by atoms with van der Waals surface area (Å²) in [6.45, 7) is 0.426. The van der Waals surface area contributed by atoms with Crippen LogP contribution in [0.5, 0.6) is 0 Å². The van der Waals surface area contributed by atoms with E-state index in [2.05, 4.69) is 9.97 Å². The van der Waals surface area contributed by atoms with Gasteiger partial charge in [0.25, 0.3) is 0 Å². The van der Waals surface area contributed by atoms with E-state index >= 15 is 0 Å². The van der Waals surface area contributed by atoms with Gasteiger partial charge in [0, 0.05) is 18.6 Å². The topological polar surface area (TPSA) is 59.5 Å². The zero-order valence-electron chi connectivity index (χ0n) is 10.1. The Balaban J connectivity index is 1.82. The monoisotopic (exact) mass is 257 g/mol. The van der Waals surface area contributed by atoms with Gasteiger partial charge in [0.2, 0.25) is 5.78 Å². The van der Waals surface area contributed by atoms with Gasteiger partial charge >= 0.3 is 0 Å². The molecule has 0 bridgehead atoms. The van der Waals surface area contributed by atoms with Crippen LogP contribution in [0.2, 0.25) is 0 Å². The van der Waals surface area contributed by atoms with Gasteiger partial charge in [0.05, 0.1) is 17.9 Å². The number of imidazole rings is 1. The highest BCUT2D eigenvalue weighted by Gasteiger charge is 2.07. The van der Waals surface area contributed by atoms with E-state index in [1.807, 2.05) is 22.9 Å². The molecule has 2 heterocycles. The van der Waals surface area contributed by atoms with Crippen LogP contribution >= 0.6 is 0 Å². The van der Waals surface area contributed by atoms with E-state index in [1.54, 1.807) is 18.3 Å². The van der Waals surface area contributed by atoms with Crippen molar-refractivity contribution in [3.8, 4) is 0 Å². The molecular formula is C13H12FN5. The molecule has 0 saturated carbocycles. The van der Waals surface area contributed by atoms with Crippen molar-refractivity contribution < 1.29 is 4.39 Å². The molecule has 0 atom stereocenters. The molecule has 0 saturated heterocycles. The van der Waals surface area contributed by atoms with Crippen molar-refractivity contribution >= 4 is 11.5 Å². The Bertz CT molecular complexity index is 659. The summed E-state index contributed by atoms with van der Waals surface area (Å²) in [6, 6.07) is 7.84. The Kier molecular flexibility index (Phi) is 2.85. The van der Waals surface area contributed by atoms with Crippen LogP contribution < -0.4 is 10.9 Å². The quantitative estimate of drug-likeness (QED) is 0.573. The average molecular weight is 257 g/mol. The third-order valence-corrected chi connectivity index (χ3v) is 2.78. The number of hydrogen-bond donors (Lipinski definition) is 1. The SMILES string of the molecule is NN(Cc1cn2cccnc2n1)c1ccc(F)cc1. The summed E-state index contributed by atoms with van der Waals surface area (Å²) < 4.78 is 14.7. The third-order valence-electron chi connectivity index (χ3n) is 2.78. The normalized spacial score (nSPS) is 10.8. The maximum absolute atomic E-state index is 12.8. The van der Waals surface area contributed by atoms with Crippen LogP contribution in [0.1, 0.15) is 5.69 Å². The molecule has 96 valence electrons. The Morgan fingerprint density at radius 1 is 1.26 bits per heavy atom. The van der Waals surface area contributed by atoms with E-state index in [1.165, 1.54) is 17.1 Å². The van der Waals surface area contributed by atoms with Gasteiger partial charge in [-0.2, -0.15) is 0 Å². The predicted octanol–water partition coefficient (Wildman–Crippen LogP) is 1.75. The Hall–Kier alpha value is -2.47. The summed E-state index contributed by atoms with van der Waals surface area (Å²) in [5.41, 5.74) is 1.52. The largest absolute Gasteiger partial charge is 0.305 e. The highest BCUT2D eigenvalue weighted by molar-refractivity contribution is 5.45. The molecular weight excluding hydrogens is 245 g/mol. The summed E-state index contributed by atoms with van der Waals surface area (Å²) in [4.78, 5) is 8.49. The van der Waals surface area contributed by atoms with E-state index in [-0.39, 0.29) is 5.82 Å². The number of halogens is 1. The van der Waals surface area contributed by atoms with Crippen LogP contribution in [0, 0.1) is 5.82 Å². The molecule has 19 heavy (non-hydrogen) atoms. The molecule has 0 aliphatic rings. The van der Waals surface area contributed by atoms with Gasteiger partial charge < -0.3 is 5.01 Å². The average Bonchev–Trinajstić information content (AvgIpc) is 2.81. The maximum Gasteiger partial charge on any atom is 0.233 e. The molecule has 0 fully saturated rings. The molecule has 3 aromatic rings.